The van der Waals surface area contributed by atoms with Crippen LogP contribution < -0.4 is 5.32 Å². The van der Waals surface area contributed by atoms with E-state index in [-0.39, 0.29) is 5.91 Å². The number of hydrogen-bond acceptors (Lipinski definition) is 5. The summed E-state index contributed by atoms with van der Waals surface area (Å²) >= 11 is 0. The molecular formula is C25H25N7O. The van der Waals surface area contributed by atoms with Crippen molar-refractivity contribution in [2.45, 2.75) is 33.1 Å². The lowest BCUT2D eigenvalue weighted by Crippen LogP contribution is -2.17. The third-order valence-electron chi connectivity index (χ3n) is 5.84. The van der Waals surface area contributed by atoms with Crippen molar-refractivity contribution in [3.05, 3.63) is 77.2 Å². The summed E-state index contributed by atoms with van der Waals surface area (Å²) in [5.41, 5.74) is 5.71. The summed E-state index contributed by atoms with van der Waals surface area (Å²) in [6, 6.07) is 15.1. The van der Waals surface area contributed by atoms with Gasteiger partial charge in [0.15, 0.2) is 0 Å². The first-order valence-corrected chi connectivity index (χ1v) is 10.5. The highest BCUT2D eigenvalue weighted by molar-refractivity contribution is 6.04. The maximum Gasteiger partial charge on any atom is 0.255 e. The number of carbonyl (C=O) groups is 1. The number of anilines is 1. The van der Waals surface area contributed by atoms with E-state index in [9.17, 15) is 10.1 Å². The average Bonchev–Trinajstić information content (AvgIpc) is 3.42. The molecule has 0 aliphatic rings. The summed E-state index contributed by atoms with van der Waals surface area (Å²) < 4.78 is 3.49. The van der Waals surface area contributed by atoms with E-state index in [1.54, 1.807) is 33.8 Å². The number of amides is 1. The third-order valence-corrected chi connectivity index (χ3v) is 5.84. The summed E-state index contributed by atoms with van der Waals surface area (Å²) in [7, 11) is 1.89. The minimum Gasteiger partial charge on any atom is -0.322 e. The van der Waals surface area contributed by atoms with Crippen LogP contribution in [0.5, 0.6) is 0 Å². The zero-order valence-corrected chi connectivity index (χ0v) is 19.3. The number of nitriles is 1. The van der Waals surface area contributed by atoms with Crippen LogP contribution in [-0.4, -0.2) is 30.7 Å². The van der Waals surface area contributed by atoms with Crippen LogP contribution in [0.4, 0.5) is 5.69 Å². The van der Waals surface area contributed by atoms with Crippen molar-refractivity contribution in [1.82, 2.24) is 24.8 Å². The second kappa shape index (κ2) is 8.36. The second-order valence-corrected chi connectivity index (χ2v) is 8.59. The zero-order chi connectivity index (χ0) is 23.8. The predicted molar refractivity (Wildman–Crippen MR) is 126 cm³/mol. The molecule has 8 heteroatoms. The van der Waals surface area contributed by atoms with Gasteiger partial charge in [-0.3, -0.25) is 9.48 Å². The maximum atomic E-state index is 12.9. The van der Waals surface area contributed by atoms with Gasteiger partial charge in [-0.05, 0) is 63.1 Å². The van der Waals surface area contributed by atoms with Gasteiger partial charge in [0.2, 0.25) is 0 Å². The number of aryl methyl sites for hydroxylation is 2. The molecule has 1 amide bonds. The largest absolute Gasteiger partial charge is 0.322 e. The van der Waals surface area contributed by atoms with Crippen LogP contribution in [0, 0.1) is 25.2 Å². The van der Waals surface area contributed by atoms with Gasteiger partial charge in [-0.1, -0.05) is 23.4 Å². The van der Waals surface area contributed by atoms with Gasteiger partial charge in [-0.2, -0.15) is 10.4 Å². The molecule has 0 fully saturated rings. The Kier molecular flexibility index (Phi) is 5.56. The Balaban J connectivity index is 1.60. The zero-order valence-electron chi connectivity index (χ0n) is 19.3. The SMILES string of the molecule is Cc1ccc(NC(=O)c2cccc(C(C)(C)C#N)c2)cc1-n1cc(-c2cnn(C)c2C)nn1. The predicted octanol–water partition coefficient (Wildman–Crippen LogP) is 4.34. The van der Waals surface area contributed by atoms with E-state index in [1.165, 1.54) is 0 Å². The monoisotopic (exact) mass is 439 g/mol. The standard InChI is InChI=1S/C25H25N7O/c1-16-9-10-20(28-24(33)18-7-6-8-19(11-18)25(3,4)15-26)12-23(16)32-14-22(29-30-32)21-13-27-31(5)17(21)2/h6-14H,1-5H3,(H,28,33). The molecule has 0 aliphatic carbocycles. The van der Waals surface area contributed by atoms with E-state index in [1.807, 2.05) is 65.2 Å². The van der Waals surface area contributed by atoms with Crippen molar-refractivity contribution in [2.24, 2.45) is 7.05 Å². The van der Waals surface area contributed by atoms with Crippen LogP contribution in [0.3, 0.4) is 0 Å². The van der Waals surface area contributed by atoms with Gasteiger partial charge in [0.1, 0.15) is 5.69 Å². The molecule has 0 saturated heterocycles. The van der Waals surface area contributed by atoms with Crippen molar-refractivity contribution in [1.29, 1.82) is 5.26 Å². The van der Waals surface area contributed by atoms with Crippen LogP contribution in [0.25, 0.3) is 16.9 Å². The molecule has 0 atom stereocenters. The molecular weight excluding hydrogens is 414 g/mol. The molecule has 0 unspecified atom stereocenters. The fraction of sp³-hybridized carbons (Fsp3) is 0.240. The lowest BCUT2D eigenvalue weighted by atomic mass is 9.85. The van der Waals surface area contributed by atoms with Crippen LogP contribution in [-0.2, 0) is 12.5 Å². The van der Waals surface area contributed by atoms with Gasteiger partial charge in [-0.25, -0.2) is 4.68 Å². The Morgan fingerprint density at radius 1 is 1.15 bits per heavy atom. The number of nitrogens with one attached hydrogen (secondary N) is 1. The van der Waals surface area contributed by atoms with E-state index in [4.69, 9.17) is 0 Å². The number of rotatable bonds is 5. The van der Waals surface area contributed by atoms with Crippen molar-refractivity contribution >= 4 is 11.6 Å². The summed E-state index contributed by atoms with van der Waals surface area (Å²) in [6.45, 7) is 7.62. The quantitative estimate of drug-likeness (QED) is 0.498. The normalized spacial score (nSPS) is 11.3. The van der Waals surface area contributed by atoms with Crippen LogP contribution in [0.1, 0.15) is 41.0 Å². The molecule has 4 rings (SSSR count). The summed E-state index contributed by atoms with van der Waals surface area (Å²) in [5, 5.41) is 25.2. The highest BCUT2D eigenvalue weighted by atomic mass is 16.1. The van der Waals surface area contributed by atoms with Crippen molar-refractivity contribution in [2.75, 3.05) is 5.32 Å². The number of hydrogen-bond donors (Lipinski definition) is 1. The molecule has 4 aromatic rings. The van der Waals surface area contributed by atoms with Gasteiger partial charge in [0.25, 0.3) is 5.91 Å². The van der Waals surface area contributed by atoms with Gasteiger partial charge in [0.05, 0.1) is 29.6 Å². The topological polar surface area (TPSA) is 101 Å². The Morgan fingerprint density at radius 2 is 1.94 bits per heavy atom. The first-order valence-electron chi connectivity index (χ1n) is 10.5. The van der Waals surface area contributed by atoms with Gasteiger partial charge < -0.3 is 5.32 Å². The fourth-order valence-corrected chi connectivity index (χ4v) is 3.51. The van der Waals surface area contributed by atoms with Crippen LogP contribution >= 0.6 is 0 Å². The Labute approximate surface area is 192 Å². The minimum atomic E-state index is -0.676. The molecule has 0 aliphatic heterocycles. The lowest BCUT2D eigenvalue weighted by Gasteiger charge is -2.16. The summed E-state index contributed by atoms with van der Waals surface area (Å²) in [4.78, 5) is 12.9. The molecule has 33 heavy (non-hydrogen) atoms. The molecule has 2 aromatic heterocycles. The molecule has 2 heterocycles. The van der Waals surface area contributed by atoms with Crippen LogP contribution in [0.2, 0.25) is 0 Å². The molecule has 0 bridgehead atoms. The van der Waals surface area contributed by atoms with Crippen molar-refractivity contribution < 1.29 is 4.79 Å². The van der Waals surface area contributed by atoms with E-state index in [0.29, 0.717) is 11.3 Å². The molecule has 1 N–H and O–H groups in total. The minimum absolute atomic E-state index is 0.245. The Morgan fingerprint density at radius 3 is 2.64 bits per heavy atom. The molecule has 0 saturated carbocycles. The van der Waals surface area contributed by atoms with Crippen molar-refractivity contribution in [3.63, 3.8) is 0 Å². The van der Waals surface area contributed by atoms with Gasteiger partial charge in [-0.15, -0.1) is 5.10 Å². The lowest BCUT2D eigenvalue weighted by molar-refractivity contribution is 0.102. The third kappa shape index (κ3) is 4.26. The number of nitrogens with zero attached hydrogens (tertiary/aromatic N) is 6. The molecule has 166 valence electrons. The highest BCUT2D eigenvalue weighted by Crippen LogP contribution is 2.25. The first-order chi connectivity index (χ1) is 15.7. The van der Waals surface area contributed by atoms with E-state index < -0.39 is 5.41 Å². The van der Waals surface area contributed by atoms with Gasteiger partial charge >= 0.3 is 0 Å². The van der Waals surface area contributed by atoms with Crippen molar-refractivity contribution in [3.8, 4) is 23.0 Å². The first kappa shape index (κ1) is 22.0. The number of benzene rings is 2. The van der Waals surface area contributed by atoms with Gasteiger partial charge in [0, 0.05) is 29.6 Å². The average molecular weight is 440 g/mol. The molecule has 8 nitrogen and oxygen atoms in total. The summed E-state index contributed by atoms with van der Waals surface area (Å²) in [5.74, 6) is -0.245. The molecule has 2 aromatic carbocycles. The highest BCUT2D eigenvalue weighted by Gasteiger charge is 2.21. The summed E-state index contributed by atoms with van der Waals surface area (Å²) in [6.07, 6.45) is 3.63. The van der Waals surface area contributed by atoms with E-state index in [0.717, 1.165) is 33.8 Å². The number of aromatic nitrogens is 5. The Hall–Kier alpha value is -4.25. The molecule has 0 spiro atoms. The second-order valence-electron chi connectivity index (χ2n) is 8.59. The molecule has 0 radical (unpaired) electrons. The number of carbonyl (C=O) groups excluding carboxylic acids is 1. The Bertz CT molecular complexity index is 1390. The fourth-order valence-electron chi connectivity index (χ4n) is 3.51. The van der Waals surface area contributed by atoms with E-state index in [2.05, 4.69) is 26.8 Å². The smallest absolute Gasteiger partial charge is 0.255 e. The maximum absolute atomic E-state index is 12.9. The van der Waals surface area contributed by atoms with Crippen LogP contribution in [0.15, 0.2) is 54.9 Å². The van der Waals surface area contributed by atoms with E-state index >= 15 is 0 Å².